The molecule has 2 saturated heterocycles. The summed E-state index contributed by atoms with van der Waals surface area (Å²) >= 11 is 0. The van der Waals surface area contributed by atoms with Crippen molar-refractivity contribution in [2.45, 2.75) is 31.5 Å². The third kappa shape index (κ3) is 0.736. The average molecular weight is 141 g/mol. The molecule has 0 aromatic carbocycles. The van der Waals surface area contributed by atoms with Crippen LogP contribution in [0.15, 0.2) is 0 Å². The van der Waals surface area contributed by atoms with Crippen molar-refractivity contribution in [1.82, 2.24) is 0 Å². The molecule has 10 heavy (non-hydrogen) atoms. The van der Waals surface area contributed by atoms with Crippen molar-refractivity contribution in [2.24, 2.45) is 5.92 Å². The molecule has 3 heteroatoms. The second-order valence-corrected chi connectivity index (χ2v) is 3.04. The lowest BCUT2D eigenvalue weighted by molar-refractivity contribution is -0.312. The van der Waals surface area contributed by atoms with E-state index >= 15 is 0 Å². The second kappa shape index (κ2) is 1.95. The molecule has 2 rings (SSSR count). The lowest BCUT2D eigenvalue weighted by Gasteiger charge is -2.18. The van der Waals surface area contributed by atoms with E-state index in [9.17, 15) is 9.90 Å². The number of fused-ring (bicyclic) bond motifs is 2. The molecule has 0 amide bonds. The minimum atomic E-state index is -0.938. The fourth-order valence-electron chi connectivity index (χ4n) is 1.89. The monoisotopic (exact) mass is 141 g/mol. The Labute approximate surface area is 59.0 Å². The van der Waals surface area contributed by atoms with Gasteiger partial charge in [0.15, 0.2) is 0 Å². The first-order valence-electron chi connectivity index (χ1n) is 3.63. The van der Waals surface area contributed by atoms with Crippen molar-refractivity contribution in [3.8, 4) is 0 Å². The first kappa shape index (κ1) is 6.16. The topological polar surface area (TPSA) is 49.4 Å². The zero-order valence-corrected chi connectivity index (χ0v) is 5.58. The highest BCUT2D eigenvalue weighted by Crippen LogP contribution is 2.38. The van der Waals surface area contributed by atoms with Crippen LogP contribution in [0.25, 0.3) is 0 Å². The van der Waals surface area contributed by atoms with Crippen LogP contribution < -0.4 is 5.11 Å². The molecule has 3 nitrogen and oxygen atoms in total. The number of carbonyl (C=O) groups excluding carboxylic acids is 1. The number of ether oxygens (including phenoxy) is 1. The lowest BCUT2D eigenvalue weighted by Crippen LogP contribution is -2.36. The third-order valence-corrected chi connectivity index (χ3v) is 2.41. The molecule has 0 aromatic rings. The van der Waals surface area contributed by atoms with Gasteiger partial charge in [0, 0.05) is 11.9 Å². The van der Waals surface area contributed by atoms with E-state index in [0.717, 1.165) is 12.8 Å². The molecular weight excluding hydrogens is 132 g/mol. The van der Waals surface area contributed by atoms with E-state index in [1.54, 1.807) is 0 Å². The van der Waals surface area contributed by atoms with Gasteiger partial charge in [-0.05, 0) is 19.3 Å². The third-order valence-electron chi connectivity index (χ3n) is 2.41. The number of carboxylic acids is 1. The quantitative estimate of drug-likeness (QED) is 0.485. The van der Waals surface area contributed by atoms with Crippen LogP contribution in [0.1, 0.15) is 19.3 Å². The fraction of sp³-hybridized carbons (Fsp3) is 0.857. The molecule has 2 aliphatic rings. The van der Waals surface area contributed by atoms with Crippen molar-refractivity contribution < 1.29 is 14.6 Å². The molecule has 2 heterocycles. The first-order chi connectivity index (χ1) is 4.77. The van der Waals surface area contributed by atoms with Crippen LogP contribution in [-0.4, -0.2) is 18.2 Å². The Kier molecular flexibility index (Phi) is 1.20. The highest BCUT2D eigenvalue weighted by atomic mass is 16.5. The molecule has 0 radical (unpaired) electrons. The zero-order valence-electron chi connectivity index (χ0n) is 5.58. The van der Waals surface area contributed by atoms with Gasteiger partial charge < -0.3 is 14.6 Å². The van der Waals surface area contributed by atoms with Gasteiger partial charge in [-0.1, -0.05) is 0 Å². The number of carbonyl (C=O) groups is 1. The Bertz CT molecular complexity index is 166. The Morgan fingerprint density at radius 3 is 2.60 bits per heavy atom. The van der Waals surface area contributed by atoms with Gasteiger partial charge in [-0.15, -0.1) is 0 Å². The molecule has 0 N–H and O–H groups in total. The molecule has 56 valence electrons. The summed E-state index contributed by atoms with van der Waals surface area (Å²) in [6.45, 7) is 0. The van der Waals surface area contributed by atoms with E-state index < -0.39 is 5.97 Å². The van der Waals surface area contributed by atoms with Gasteiger partial charge in [0.2, 0.25) is 0 Å². The van der Waals surface area contributed by atoms with Gasteiger partial charge in [-0.2, -0.15) is 0 Å². The second-order valence-electron chi connectivity index (χ2n) is 3.04. The standard InChI is InChI=1S/C7H10O3/c8-7(9)5-3-4-1-2-6(5)10-4/h4-6H,1-3H2,(H,8,9)/p-1/t4-,5?,6+/m0/s1. The lowest BCUT2D eigenvalue weighted by atomic mass is 9.89. The minimum Gasteiger partial charge on any atom is -0.550 e. The fourth-order valence-corrected chi connectivity index (χ4v) is 1.89. The molecule has 3 atom stereocenters. The highest BCUT2D eigenvalue weighted by Gasteiger charge is 2.41. The normalized spacial score (nSPS) is 44.2. The maximum absolute atomic E-state index is 10.4. The van der Waals surface area contributed by atoms with Gasteiger partial charge in [0.05, 0.1) is 12.2 Å². The molecular formula is C7H9O3-. The Morgan fingerprint density at radius 1 is 1.50 bits per heavy atom. The summed E-state index contributed by atoms with van der Waals surface area (Å²) in [4.78, 5) is 10.4. The van der Waals surface area contributed by atoms with Crippen LogP contribution in [0.5, 0.6) is 0 Å². The van der Waals surface area contributed by atoms with E-state index in [2.05, 4.69) is 0 Å². The largest absolute Gasteiger partial charge is 0.550 e. The van der Waals surface area contributed by atoms with E-state index in [1.165, 1.54) is 0 Å². The van der Waals surface area contributed by atoms with Gasteiger partial charge >= 0.3 is 0 Å². The van der Waals surface area contributed by atoms with Gasteiger partial charge in [0.1, 0.15) is 0 Å². The number of rotatable bonds is 1. The summed E-state index contributed by atoms with van der Waals surface area (Å²) in [6, 6.07) is 0. The van der Waals surface area contributed by atoms with Gasteiger partial charge in [-0.3, -0.25) is 0 Å². The summed E-state index contributed by atoms with van der Waals surface area (Å²) in [5.74, 6) is -1.26. The SMILES string of the molecule is O=C([O-])C1C[C@@H]2CC[C@H]1O2. The van der Waals surface area contributed by atoms with Gasteiger partial charge in [-0.25, -0.2) is 0 Å². The summed E-state index contributed by atoms with van der Waals surface area (Å²) in [6.07, 6.45) is 2.80. The maximum Gasteiger partial charge on any atom is 0.0661 e. The van der Waals surface area contributed by atoms with E-state index in [4.69, 9.17) is 4.74 Å². The molecule has 0 aliphatic carbocycles. The molecule has 0 spiro atoms. The minimum absolute atomic E-state index is 0.0324. The zero-order chi connectivity index (χ0) is 7.14. The summed E-state index contributed by atoms with van der Waals surface area (Å²) in [7, 11) is 0. The van der Waals surface area contributed by atoms with Crippen LogP contribution in [-0.2, 0) is 9.53 Å². The highest BCUT2D eigenvalue weighted by molar-refractivity contribution is 5.69. The molecule has 1 unspecified atom stereocenters. The van der Waals surface area contributed by atoms with Crippen molar-refractivity contribution in [1.29, 1.82) is 0 Å². The molecule has 2 fully saturated rings. The van der Waals surface area contributed by atoms with Crippen LogP contribution in [0.3, 0.4) is 0 Å². The number of hydrogen-bond donors (Lipinski definition) is 0. The van der Waals surface area contributed by atoms with E-state index in [-0.39, 0.29) is 18.1 Å². The summed E-state index contributed by atoms with van der Waals surface area (Å²) in [5.41, 5.74) is 0. The Morgan fingerprint density at radius 2 is 2.30 bits per heavy atom. The van der Waals surface area contributed by atoms with Gasteiger partial charge in [0.25, 0.3) is 0 Å². The number of carboxylic acid groups (broad SMARTS) is 1. The van der Waals surface area contributed by atoms with Crippen LogP contribution in [0.4, 0.5) is 0 Å². The summed E-state index contributed by atoms with van der Waals surface area (Å²) in [5, 5.41) is 10.4. The molecule has 0 saturated carbocycles. The van der Waals surface area contributed by atoms with Crippen LogP contribution in [0.2, 0.25) is 0 Å². The van der Waals surface area contributed by atoms with E-state index in [0.29, 0.717) is 6.42 Å². The molecule has 2 aliphatic heterocycles. The maximum atomic E-state index is 10.4. The summed E-state index contributed by atoms with van der Waals surface area (Å²) < 4.78 is 5.33. The van der Waals surface area contributed by atoms with Crippen molar-refractivity contribution in [2.75, 3.05) is 0 Å². The first-order valence-corrected chi connectivity index (χ1v) is 3.63. The van der Waals surface area contributed by atoms with Crippen molar-refractivity contribution >= 4 is 5.97 Å². The predicted molar refractivity (Wildman–Crippen MR) is 31.0 cm³/mol. The Hall–Kier alpha value is -0.570. The average Bonchev–Trinajstić information content (AvgIpc) is 2.44. The molecule has 0 aromatic heterocycles. The van der Waals surface area contributed by atoms with E-state index in [1.807, 2.05) is 0 Å². The Balaban J connectivity index is 2.08. The van der Waals surface area contributed by atoms with Crippen LogP contribution in [0, 0.1) is 5.92 Å². The van der Waals surface area contributed by atoms with Crippen molar-refractivity contribution in [3.63, 3.8) is 0 Å². The molecule has 2 bridgehead atoms. The number of aliphatic carboxylic acids is 1. The van der Waals surface area contributed by atoms with Crippen molar-refractivity contribution in [3.05, 3.63) is 0 Å². The number of hydrogen-bond acceptors (Lipinski definition) is 3. The predicted octanol–water partition coefficient (Wildman–Crippen LogP) is -0.696. The van der Waals surface area contributed by atoms with Crippen LogP contribution >= 0.6 is 0 Å². The smallest absolute Gasteiger partial charge is 0.0661 e.